The number of aromatic nitrogens is 1. The largest absolute Gasteiger partial charge is 0.397 e. The van der Waals surface area contributed by atoms with Gasteiger partial charge in [0.1, 0.15) is 0 Å². The van der Waals surface area contributed by atoms with Gasteiger partial charge in [-0.05, 0) is 37.1 Å². The van der Waals surface area contributed by atoms with Gasteiger partial charge < -0.3 is 11.1 Å². The van der Waals surface area contributed by atoms with Crippen molar-refractivity contribution in [2.24, 2.45) is 0 Å². The lowest BCUT2D eigenvalue weighted by molar-refractivity contribution is 0.591. The third-order valence-corrected chi connectivity index (χ3v) is 6.09. The van der Waals surface area contributed by atoms with E-state index in [4.69, 9.17) is 5.73 Å². The van der Waals surface area contributed by atoms with Gasteiger partial charge in [-0.2, -0.15) is 0 Å². The van der Waals surface area contributed by atoms with Crippen LogP contribution >= 0.6 is 0 Å². The standard InChI is InChI=1S/C14H17N3O2S/c15-14-11-4-1-7-16-12(11)5-6-13(14)17-9-10-3-2-8-20(10,18)19/h1,4-7,10,17H,2-3,8-9,15H2. The second-order valence-corrected chi connectivity index (χ2v) is 7.51. The van der Waals surface area contributed by atoms with E-state index in [2.05, 4.69) is 10.3 Å². The first-order chi connectivity index (χ1) is 9.58. The summed E-state index contributed by atoms with van der Waals surface area (Å²) >= 11 is 0. The van der Waals surface area contributed by atoms with E-state index in [1.54, 1.807) is 6.20 Å². The number of anilines is 2. The third-order valence-electron chi connectivity index (χ3n) is 3.81. The fraction of sp³-hybridized carbons (Fsp3) is 0.357. The summed E-state index contributed by atoms with van der Waals surface area (Å²) in [5.74, 6) is 0.302. The first-order valence-corrected chi connectivity index (χ1v) is 8.38. The van der Waals surface area contributed by atoms with Crippen LogP contribution in [0.25, 0.3) is 10.9 Å². The molecule has 0 spiro atoms. The number of pyridine rings is 1. The zero-order valence-electron chi connectivity index (χ0n) is 11.0. The molecule has 2 aromatic rings. The van der Waals surface area contributed by atoms with Crippen LogP contribution < -0.4 is 11.1 Å². The van der Waals surface area contributed by atoms with E-state index in [-0.39, 0.29) is 5.25 Å². The monoisotopic (exact) mass is 291 g/mol. The summed E-state index contributed by atoms with van der Waals surface area (Å²) in [7, 11) is -2.93. The number of nitrogen functional groups attached to an aromatic ring is 1. The van der Waals surface area contributed by atoms with Crippen molar-refractivity contribution in [1.29, 1.82) is 0 Å². The van der Waals surface area contributed by atoms with Crippen molar-refractivity contribution in [3.05, 3.63) is 30.5 Å². The zero-order valence-corrected chi connectivity index (χ0v) is 11.9. The molecule has 1 saturated heterocycles. The molecule has 0 saturated carbocycles. The minimum absolute atomic E-state index is 0.300. The van der Waals surface area contributed by atoms with Gasteiger partial charge in [-0.3, -0.25) is 4.98 Å². The highest BCUT2D eigenvalue weighted by Gasteiger charge is 2.30. The Hall–Kier alpha value is -1.82. The topological polar surface area (TPSA) is 85.1 Å². The van der Waals surface area contributed by atoms with E-state index in [0.717, 1.165) is 29.4 Å². The number of sulfone groups is 1. The van der Waals surface area contributed by atoms with Crippen molar-refractivity contribution in [3.8, 4) is 0 Å². The molecule has 1 aromatic heterocycles. The summed E-state index contributed by atoms with van der Waals surface area (Å²) in [5, 5.41) is 3.75. The number of nitrogens with one attached hydrogen (secondary N) is 1. The summed E-state index contributed by atoms with van der Waals surface area (Å²) in [6.07, 6.45) is 3.20. The van der Waals surface area contributed by atoms with Crippen LogP contribution in [-0.2, 0) is 9.84 Å². The Balaban J connectivity index is 1.83. The molecule has 1 unspecified atom stereocenters. The Bertz CT molecular complexity index is 743. The molecule has 0 bridgehead atoms. The molecule has 3 N–H and O–H groups in total. The summed E-state index contributed by atoms with van der Waals surface area (Å²) < 4.78 is 23.6. The summed E-state index contributed by atoms with van der Waals surface area (Å²) in [4.78, 5) is 4.24. The fourth-order valence-corrected chi connectivity index (χ4v) is 4.41. The predicted octanol–water partition coefficient (Wildman–Crippen LogP) is 1.81. The van der Waals surface area contributed by atoms with Crippen LogP contribution in [0, 0.1) is 0 Å². The Kier molecular flexibility index (Phi) is 3.25. The highest BCUT2D eigenvalue weighted by atomic mass is 32.2. The second-order valence-electron chi connectivity index (χ2n) is 5.11. The van der Waals surface area contributed by atoms with Crippen LogP contribution in [0.2, 0.25) is 0 Å². The van der Waals surface area contributed by atoms with Gasteiger partial charge in [-0.25, -0.2) is 8.42 Å². The van der Waals surface area contributed by atoms with Crippen molar-refractivity contribution in [3.63, 3.8) is 0 Å². The first-order valence-electron chi connectivity index (χ1n) is 6.66. The second kappa shape index (κ2) is 4.94. The Labute approximate surface area is 118 Å². The Morgan fingerprint density at radius 3 is 2.95 bits per heavy atom. The van der Waals surface area contributed by atoms with Crippen molar-refractivity contribution >= 4 is 32.1 Å². The van der Waals surface area contributed by atoms with Crippen LogP contribution in [-0.4, -0.2) is 30.9 Å². The minimum Gasteiger partial charge on any atom is -0.397 e. The molecule has 1 aliphatic rings. The first kappa shape index (κ1) is 13.2. The maximum Gasteiger partial charge on any atom is 0.154 e. The van der Waals surface area contributed by atoms with Crippen LogP contribution in [0.4, 0.5) is 11.4 Å². The van der Waals surface area contributed by atoms with Gasteiger partial charge >= 0.3 is 0 Å². The fourth-order valence-electron chi connectivity index (χ4n) is 2.64. The quantitative estimate of drug-likeness (QED) is 0.842. The molecule has 1 fully saturated rings. The van der Waals surface area contributed by atoms with Gasteiger partial charge in [0.25, 0.3) is 0 Å². The summed E-state index contributed by atoms with van der Waals surface area (Å²) in [6.45, 7) is 0.415. The normalized spacial score (nSPS) is 21.1. The number of nitrogens with two attached hydrogens (primary N) is 1. The third kappa shape index (κ3) is 2.31. The number of hydrogen-bond acceptors (Lipinski definition) is 5. The molecule has 106 valence electrons. The maximum absolute atomic E-state index is 11.8. The Morgan fingerprint density at radius 1 is 1.35 bits per heavy atom. The van der Waals surface area contributed by atoms with Gasteiger partial charge in [0.05, 0.1) is 27.9 Å². The van der Waals surface area contributed by atoms with Crippen molar-refractivity contribution in [1.82, 2.24) is 4.98 Å². The number of hydrogen-bond donors (Lipinski definition) is 2. The molecule has 1 aromatic carbocycles. The predicted molar refractivity (Wildman–Crippen MR) is 81.5 cm³/mol. The average molecular weight is 291 g/mol. The molecule has 1 atom stereocenters. The van der Waals surface area contributed by atoms with E-state index in [9.17, 15) is 8.42 Å². The van der Waals surface area contributed by atoms with Gasteiger partial charge in [-0.1, -0.05) is 0 Å². The number of benzene rings is 1. The summed E-state index contributed by atoms with van der Waals surface area (Å²) in [6, 6.07) is 7.49. The highest BCUT2D eigenvalue weighted by molar-refractivity contribution is 7.92. The average Bonchev–Trinajstić information content (AvgIpc) is 2.77. The van der Waals surface area contributed by atoms with Crippen LogP contribution in [0.3, 0.4) is 0 Å². The number of rotatable bonds is 3. The van der Waals surface area contributed by atoms with Gasteiger partial charge in [-0.15, -0.1) is 0 Å². The van der Waals surface area contributed by atoms with Crippen molar-refractivity contribution in [2.75, 3.05) is 23.3 Å². The molecular formula is C14H17N3O2S. The molecule has 6 heteroatoms. The van der Waals surface area contributed by atoms with Crippen LogP contribution in [0.5, 0.6) is 0 Å². The van der Waals surface area contributed by atoms with E-state index >= 15 is 0 Å². The number of fused-ring (bicyclic) bond motifs is 1. The van der Waals surface area contributed by atoms with E-state index in [0.29, 0.717) is 18.0 Å². The van der Waals surface area contributed by atoms with E-state index in [1.165, 1.54) is 0 Å². The zero-order chi connectivity index (χ0) is 14.2. The molecule has 3 rings (SSSR count). The molecule has 20 heavy (non-hydrogen) atoms. The molecule has 2 heterocycles. The SMILES string of the molecule is Nc1c(NCC2CCCS2(=O)=O)ccc2ncccc12. The van der Waals surface area contributed by atoms with Crippen molar-refractivity contribution in [2.45, 2.75) is 18.1 Å². The lowest BCUT2D eigenvalue weighted by Crippen LogP contribution is -2.25. The van der Waals surface area contributed by atoms with Gasteiger partial charge in [0, 0.05) is 18.1 Å². The molecule has 0 amide bonds. The number of nitrogens with zero attached hydrogens (tertiary/aromatic N) is 1. The van der Waals surface area contributed by atoms with Crippen LogP contribution in [0.15, 0.2) is 30.5 Å². The van der Waals surface area contributed by atoms with Crippen molar-refractivity contribution < 1.29 is 8.42 Å². The smallest absolute Gasteiger partial charge is 0.154 e. The Morgan fingerprint density at radius 2 is 2.20 bits per heavy atom. The molecule has 1 aliphatic heterocycles. The van der Waals surface area contributed by atoms with Gasteiger partial charge in [0.15, 0.2) is 9.84 Å². The van der Waals surface area contributed by atoms with Gasteiger partial charge in [0.2, 0.25) is 0 Å². The lowest BCUT2D eigenvalue weighted by atomic mass is 10.1. The van der Waals surface area contributed by atoms with E-state index < -0.39 is 9.84 Å². The maximum atomic E-state index is 11.8. The molecule has 0 radical (unpaired) electrons. The van der Waals surface area contributed by atoms with E-state index in [1.807, 2.05) is 24.3 Å². The van der Waals surface area contributed by atoms with Crippen LogP contribution in [0.1, 0.15) is 12.8 Å². The highest BCUT2D eigenvalue weighted by Crippen LogP contribution is 2.28. The molecule has 5 nitrogen and oxygen atoms in total. The lowest BCUT2D eigenvalue weighted by Gasteiger charge is -2.14. The molecule has 0 aliphatic carbocycles. The minimum atomic E-state index is -2.93. The molecular weight excluding hydrogens is 274 g/mol. The summed E-state index contributed by atoms with van der Waals surface area (Å²) in [5.41, 5.74) is 8.34.